The molecule has 1 rings (SSSR count). The molecule has 0 aromatic heterocycles. The van der Waals surface area contributed by atoms with Crippen LogP contribution in [0, 0.1) is 35.5 Å². The molecule has 0 aromatic carbocycles. The number of unbranched alkanes of at least 4 members (excludes halogenated alkanes) is 5. The van der Waals surface area contributed by atoms with E-state index in [2.05, 4.69) is 41.5 Å². The predicted octanol–water partition coefficient (Wildman–Crippen LogP) is 7.19. The summed E-state index contributed by atoms with van der Waals surface area (Å²) >= 11 is 0. The van der Waals surface area contributed by atoms with Gasteiger partial charge in [-0.25, -0.2) is 0 Å². The molecule has 0 heterocycles. The molecule has 1 fully saturated rings. The zero-order chi connectivity index (χ0) is 23.2. The van der Waals surface area contributed by atoms with Crippen LogP contribution in [0.2, 0.25) is 0 Å². The second-order valence-corrected chi connectivity index (χ2v) is 10.5. The molecule has 0 radical (unpaired) electrons. The highest BCUT2D eigenvalue weighted by molar-refractivity contribution is 5.83. The van der Waals surface area contributed by atoms with Gasteiger partial charge in [0, 0.05) is 0 Å². The third kappa shape index (κ3) is 10.4. The van der Waals surface area contributed by atoms with Crippen LogP contribution in [0.3, 0.4) is 0 Å². The maximum Gasteiger partial charge on any atom is 0.310 e. The van der Waals surface area contributed by atoms with Crippen molar-refractivity contribution in [2.75, 3.05) is 13.2 Å². The third-order valence-corrected chi connectivity index (χ3v) is 6.58. The van der Waals surface area contributed by atoms with Crippen molar-refractivity contribution < 1.29 is 19.1 Å². The van der Waals surface area contributed by atoms with Crippen molar-refractivity contribution in [1.82, 2.24) is 0 Å². The van der Waals surface area contributed by atoms with Crippen LogP contribution in [0.1, 0.15) is 112 Å². The second-order valence-electron chi connectivity index (χ2n) is 10.5. The zero-order valence-electron chi connectivity index (χ0n) is 21.3. The minimum atomic E-state index is -0.347. The third-order valence-electron chi connectivity index (χ3n) is 6.58. The lowest BCUT2D eigenvalue weighted by atomic mass is 9.64. The molecule has 0 spiro atoms. The first-order chi connectivity index (χ1) is 14.8. The lowest BCUT2D eigenvalue weighted by Gasteiger charge is -2.41. The summed E-state index contributed by atoms with van der Waals surface area (Å²) in [6.45, 7) is 13.5. The molecule has 4 heteroatoms. The highest BCUT2D eigenvalue weighted by Gasteiger charge is 2.48. The highest BCUT2D eigenvalue weighted by Crippen LogP contribution is 2.44. The van der Waals surface area contributed by atoms with Gasteiger partial charge in [-0.05, 0) is 49.4 Å². The molecular formula is C27H50O4. The van der Waals surface area contributed by atoms with E-state index in [4.69, 9.17) is 9.47 Å². The van der Waals surface area contributed by atoms with E-state index in [0.717, 1.165) is 44.9 Å². The van der Waals surface area contributed by atoms with E-state index in [1.54, 1.807) is 0 Å². The maximum atomic E-state index is 13.3. The Labute approximate surface area is 192 Å². The molecule has 1 aliphatic rings. The van der Waals surface area contributed by atoms with Crippen LogP contribution in [0.25, 0.3) is 0 Å². The number of hydrogen-bond donors (Lipinski definition) is 0. The van der Waals surface area contributed by atoms with Gasteiger partial charge in [0.2, 0.25) is 0 Å². The van der Waals surface area contributed by atoms with E-state index in [1.807, 2.05) is 0 Å². The topological polar surface area (TPSA) is 52.6 Å². The molecule has 1 saturated carbocycles. The number of ether oxygens (including phenoxy) is 2. The average Bonchev–Trinajstić information content (AvgIpc) is 2.73. The minimum absolute atomic E-state index is 0.166. The van der Waals surface area contributed by atoms with Gasteiger partial charge in [0.25, 0.3) is 0 Å². The van der Waals surface area contributed by atoms with E-state index in [9.17, 15) is 9.59 Å². The summed E-state index contributed by atoms with van der Waals surface area (Å²) < 4.78 is 11.5. The fraction of sp³-hybridized carbons (Fsp3) is 0.926. The fourth-order valence-corrected chi connectivity index (χ4v) is 4.88. The van der Waals surface area contributed by atoms with E-state index in [0.29, 0.717) is 25.0 Å². The number of rotatable bonds is 15. The number of esters is 2. The van der Waals surface area contributed by atoms with Crippen LogP contribution in [-0.2, 0) is 19.1 Å². The van der Waals surface area contributed by atoms with Crippen LogP contribution in [-0.4, -0.2) is 25.2 Å². The van der Waals surface area contributed by atoms with Crippen molar-refractivity contribution >= 4 is 11.9 Å². The molecule has 0 aromatic rings. The Morgan fingerprint density at radius 2 is 1.06 bits per heavy atom. The lowest BCUT2D eigenvalue weighted by molar-refractivity contribution is -0.170. The Morgan fingerprint density at radius 1 is 0.677 bits per heavy atom. The number of carbonyl (C=O) groups excluding carboxylic acids is 2. The molecule has 31 heavy (non-hydrogen) atoms. The quantitative estimate of drug-likeness (QED) is 0.200. The normalized spacial score (nSPS) is 23.9. The molecule has 0 amide bonds. The molecule has 0 bridgehead atoms. The van der Waals surface area contributed by atoms with Crippen molar-refractivity contribution in [1.29, 1.82) is 0 Å². The summed E-state index contributed by atoms with van der Waals surface area (Å²) in [6, 6.07) is 0. The Morgan fingerprint density at radius 3 is 1.45 bits per heavy atom. The Hall–Kier alpha value is -1.06. The summed E-state index contributed by atoms with van der Waals surface area (Å²) in [7, 11) is 0. The van der Waals surface area contributed by atoms with Crippen LogP contribution >= 0.6 is 0 Å². The van der Waals surface area contributed by atoms with Crippen molar-refractivity contribution in [3.05, 3.63) is 0 Å². The van der Waals surface area contributed by atoms with Crippen molar-refractivity contribution in [3.63, 3.8) is 0 Å². The molecule has 0 N–H and O–H groups in total. The van der Waals surface area contributed by atoms with Crippen molar-refractivity contribution in [2.45, 2.75) is 112 Å². The first-order valence-electron chi connectivity index (χ1n) is 13.1. The van der Waals surface area contributed by atoms with Gasteiger partial charge in [-0.1, -0.05) is 86.5 Å². The van der Waals surface area contributed by atoms with Gasteiger partial charge in [-0.3, -0.25) is 9.59 Å². The molecule has 4 nitrogen and oxygen atoms in total. The van der Waals surface area contributed by atoms with Crippen molar-refractivity contribution in [2.24, 2.45) is 35.5 Å². The van der Waals surface area contributed by atoms with Gasteiger partial charge in [-0.2, -0.15) is 0 Å². The summed E-state index contributed by atoms with van der Waals surface area (Å²) in [6.07, 6.45) is 12.3. The van der Waals surface area contributed by atoms with Crippen molar-refractivity contribution in [3.8, 4) is 0 Å². The monoisotopic (exact) mass is 438 g/mol. The molecule has 0 saturated heterocycles. The molecule has 182 valence electrons. The van der Waals surface area contributed by atoms with E-state index in [1.165, 1.54) is 25.7 Å². The minimum Gasteiger partial charge on any atom is -0.465 e. The van der Waals surface area contributed by atoms with Gasteiger partial charge in [0.05, 0.1) is 25.0 Å². The van der Waals surface area contributed by atoms with E-state index < -0.39 is 0 Å². The first-order valence-corrected chi connectivity index (χ1v) is 13.1. The molecule has 4 unspecified atom stereocenters. The van der Waals surface area contributed by atoms with E-state index >= 15 is 0 Å². The Bertz CT molecular complexity index is 499. The van der Waals surface area contributed by atoms with E-state index in [-0.39, 0.29) is 35.6 Å². The van der Waals surface area contributed by atoms with Crippen LogP contribution in [0.5, 0.6) is 0 Å². The molecule has 0 aliphatic heterocycles. The van der Waals surface area contributed by atoms with Gasteiger partial charge in [0.15, 0.2) is 0 Å². The van der Waals surface area contributed by atoms with Gasteiger partial charge in [-0.15, -0.1) is 0 Å². The summed E-state index contributed by atoms with van der Waals surface area (Å²) in [5.74, 6) is 0.0243. The maximum absolute atomic E-state index is 13.3. The molecule has 4 atom stereocenters. The highest BCUT2D eigenvalue weighted by atomic mass is 16.5. The van der Waals surface area contributed by atoms with Gasteiger partial charge < -0.3 is 9.47 Å². The number of hydrogen-bond acceptors (Lipinski definition) is 4. The molecule has 1 aliphatic carbocycles. The summed E-state index contributed by atoms with van der Waals surface area (Å²) in [4.78, 5) is 26.6. The van der Waals surface area contributed by atoms with Crippen LogP contribution in [0.15, 0.2) is 0 Å². The van der Waals surface area contributed by atoms with Gasteiger partial charge >= 0.3 is 11.9 Å². The predicted molar refractivity (Wildman–Crippen MR) is 128 cm³/mol. The Kier molecular flexibility index (Phi) is 14.2. The first kappa shape index (κ1) is 28.0. The largest absolute Gasteiger partial charge is 0.465 e. The van der Waals surface area contributed by atoms with Crippen LogP contribution in [0.4, 0.5) is 0 Å². The zero-order valence-corrected chi connectivity index (χ0v) is 21.3. The average molecular weight is 439 g/mol. The standard InChI is InChI=1S/C27H50O4/c1-7-9-11-13-15-23-17-16-22(14-12-10-8-2)24(26(28)30-18-20(3)4)25(23)27(29)31-19-21(5)6/h20-25H,7-19H2,1-6H3. The lowest BCUT2D eigenvalue weighted by Crippen LogP contribution is -2.45. The fourth-order valence-electron chi connectivity index (χ4n) is 4.88. The smallest absolute Gasteiger partial charge is 0.310 e. The molecular weight excluding hydrogens is 388 g/mol. The van der Waals surface area contributed by atoms with Crippen LogP contribution < -0.4 is 0 Å². The SMILES string of the molecule is CCCCCCC1CCC(CCCCC)C(C(=O)OCC(C)C)C1C(=O)OCC(C)C. The second kappa shape index (κ2) is 15.7. The Balaban J connectivity index is 3.06. The summed E-state index contributed by atoms with van der Waals surface area (Å²) in [5.41, 5.74) is 0. The number of carbonyl (C=O) groups is 2. The van der Waals surface area contributed by atoms with Gasteiger partial charge in [0.1, 0.15) is 0 Å². The summed E-state index contributed by atoms with van der Waals surface area (Å²) in [5, 5.41) is 0.